The van der Waals surface area contributed by atoms with Crippen LogP contribution in [0.25, 0.3) is 0 Å². The summed E-state index contributed by atoms with van der Waals surface area (Å²) in [6, 6.07) is 13.1. The van der Waals surface area contributed by atoms with Crippen molar-refractivity contribution in [1.29, 1.82) is 0 Å². The van der Waals surface area contributed by atoms with Crippen molar-refractivity contribution in [2.24, 2.45) is 0 Å². The van der Waals surface area contributed by atoms with E-state index in [4.69, 9.17) is 0 Å². The van der Waals surface area contributed by atoms with Crippen LogP contribution < -0.4 is 4.72 Å². The van der Waals surface area contributed by atoms with E-state index in [0.717, 1.165) is 11.1 Å². The van der Waals surface area contributed by atoms with Crippen molar-refractivity contribution in [3.05, 3.63) is 71.8 Å². The Kier molecular flexibility index (Phi) is 6.21. The summed E-state index contributed by atoms with van der Waals surface area (Å²) in [4.78, 5) is 14.3. The molecule has 26 heavy (non-hydrogen) atoms. The molecule has 5 nitrogen and oxygen atoms in total. The predicted molar refractivity (Wildman–Crippen MR) is 105 cm³/mol. The minimum absolute atomic E-state index is 0.0512. The van der Waals surface area contributed by atoms with E-state index in [2.05, 4.69) is 11.3 Å². The topological polar surface area (TPSA) is 66.5 Å². The van der Waals surface area contributed by atoms with E-state index in [1.807, 2.05) is 32.9 Å². The third-order valence-electron chi connectivity index (χ3n) is 3.82. The van der Waals surface area contributed by atoms with Crippen molar-refractivity contribution in [2.45, 2.75) is 25.7 Å². The SMILES string of the molecule is C=C(C)CN(CC)C(=O)c1cccc(S(=O)(=O)Nc2ccc(C)cc2)c1. The van der Waals surface area contributed by atoms with E-state index in [0.29, 0.717) is 24.3 Å². The highest BCUT2D eigenvalue weighted by atomic mass is 32.2. The molecule has 0 bridgehead atoms. The number of hydrogen-bond acceptors (Lipinski definition) is 3. The van der Waals surface area contributed by atoms with E-state index in [1.54, 1.807) is 29.2 Å². The average Bonchev–Trinajstić information content (AvgIpc) is 2.61. The maximum atomic E-state index is 12.7. The van der Waals surface area contributed by atoms with Gasteiger partial charge in [0, 0.05) is 24.3 Å². The standard InChI is InChI=1S/C20H24N2O3S/c1-5-22(14-15(2)3)20(23)17-7-6-8-19(13-17)26(24,25)21-18-11-9-16(4)10-12-18/h6-13,21H,2,5,14H2,1,3-4H3. The lowest BCUT2D eigenvalue weighted by Gasteiger charge is -2.21. The van der Waals surface area contributed by atoms with E-state index in [1.165, 1.54) is 12.1 Å². The molecule has 2 aromatic rings. The molecule has 0 unspecified atom stereocenters. The van der Waals surface area contributed by atoms with Crippen LogP contribution in [0.3, 0.4) is 0 Å². The Morgan fingerprint density at radius 3 is 2.38 bits per heavy atom. The number of nitrogens with zero attached hydrogens (tertiary/aromatic N) is 1. The highest BCUT2D eigenvalue weighted by Crippen LogP contribution is 2.18. The van der Waals surface area contributed by atoms with Gasteiger partial charge in [-0.2, -0.15) is 0 Å². The minimum Gasteiger partial charge on any atom is -0.335 e. The van der Waals surface area contributed by atoms with Crippen LogP contribution in [-0.2, 0) is 10.0 Å². The fourth-order valence-electron chi connectivity index (χ4n) is 2.47. The molecule has 2 rings (SSSR count). The number of hydrogen-bond donors (Lipinski definition) is 1. The Morgan fingerprint density at radius 1 is 1.15 bits per heavy atom. The van der Waals surface area contributed by atoms with Gasteiger partial charge < -0.3 is 4.90 Å². The Bertz CT molecular complexity index is 903. The quantitative estimate of drug-likeness (QED) is 0.751. The van der Waals surface area contributed by atoms with Crippen LogP contribution in [0.1, 0.15) is 29.8 Å². The van der Waals surface area contributed by atoms with Crippen LogP contribution in [0.15, 0.2) is 65.6 Å². The van der Waals surface area contributed by atoms with Crippen LogP contribution in [0, 0.1) is 6.92 Å². The summed E-state index contributed by atoms with van der Waals surface area (Å²) in [5, 5.41) is 0. The molecule has 0 aliphatic carbocycles. The lowest BCUT2D eigenvalue weighted by atomic mass is 10.2. The summed E-state index contributed by atoms with van der Waals surface area (Å²) in [5.41, 5.74) is 2.72. The first kappa shape index (κ1) is 19.7. The molecule has 0 spiro atoms. The van der Waals surface area contributed by atoms with Gasteiger partial charge in [0.1, 0.15) is 0 Å². The summed E-state index contributed by atoms with van der Waals surface area (Å²) in [5.74, 6) is -0.220. The third kappa shape index (κ3) is 4.95. The van der Waals surface area contributed by atoms with E-state index in [-0.39, 0.29) is 10.8 Å². The zero-order valence-corrected chi connectivity index (χ0v) is 16.1. The second kappa shape index (κ2) is 8.19. The number of carbonyl (C=O) groups excluding carboxylic acids is 1. The zero-order valence-electron chi connectivity index (χ0n) is 15.3. The van der Waals surface area contributed by atoms with E-state index in [9.17, 15) is 13.2 Å². The van der Waals surface area contributed by atoms with Gasteiger partial charge in [-0.25, -0.2) is 8.42 Å². The highest BCUT2D eigenvalue weighted by molar-refractivity contribution is 7.92. The van der Waals surface area contributed by atoms with Gasteiger partial charge in [-0.15, -0.1) is 0 Å². The van der Waals surface area contributed by atoms with E-state index < -0.39 is 10.0 Å². The number of amides is 1. The highest BCUT2D eigenvalue weighted by Gasteiger charge is 2.19. The molecule has 0 atom stereocenters. The van der Waals surface area contributed by atoms with Gasteiger partial charge in [0.2, 0.25) is 0 Å². The zero-order chi connectivity index (χ0) is 19.3. The van der Waals surface area contributed by atoms with Crippen molar-refractivity contribution in [3.8, 4) is 0 Å². The molecule has 0 fully saturated rings. The van der Waals surface area contributed by atoms with Gasteiger partial charge in [0.25, 0.3) is 15.9 Å². The molecule has 1 N–H and O–H groups in total. The Labute approximate surface area is 155 Å². The Balaban J connectivity index is 2.28. The molecule has 0 saturated heterocycles. The van der Waals surface area contributed by atoms with Gasteiger partial charge in [-0.1, -0.05) is 35.9 Å². The van der Waals surface area contributed by atoms with Crippen LogP contribution in [0.2, 0.25) is 0 Å². The van der Waals surface area contributed by atoms with Gasteiger partial charge in [-0.3, -0.25) is 9.52 Å². The maximum Gasteiger partial charge on any atom is 0.261 e. The maximum absolute atomic E-state index is 12.7. The smallest absolute Gasteiger partial charge is 0.261 e. The number of rotatable bonds is 7. The Hall–Kier alpha value is -2.60. The van der Waals surface area contributed by atoms with Crippen LogP contribution in [0.4, 0.5) is 5.69 Å². The second-order valence-electron chi connectivity index (χ2n) is 6.28. The minimum atomic E-state index is -3.78. The molecule has 1 amide bonds. The number of nitrogens with one attached hydrogen (secondary N) is 1. The molecule has 0 aliphatic heterocycles. The van der Waals surface area contributed by atoms with E-state index >= 15 is 0 Å². The van der Waals surface area contributed by atoms with Crippen molar-refractivity contribution in [2.75, 3.05) is 17.8 Å². The lowest BCUT2D eigenvalue weighted by Crippen LogP contribution is -2.32. The summed E-state index contributed by atoms with van der Waals surface area (Å²) < 4.78 is 27.8. The summed E-state index contributed by atoms with van der Waals surface area (Å²) in [7, 11) is -3.78. The summed E-state index contributed by atoms with van der Waals surface area (Å²) in [6.07, 6.45) is 0. The van der Waals surface area contributed by atoms with Crippen molar-refractivity contribution in [1.82, 2.24) is 4.90 Å². The predicted octanol–water partition coefficient (Wildman–Crippen LogP) is 3.83. The molecule has 0 saturated carbocycles. The van der Waals surface area contributed by atoms with Gasteiger partial charge in [0.05, 0.1) is 4.90 Å². The second-order valence-corrected chi connectivity index (χ2v) is 7.96. The van der Waals surface area contributed by atoms with Crippen LogP contribution >= 0.6 is 0 Å². The number of anilines is 1. The normalized spacial score (nSPS) is 11.0. The number of carbonyl (C=O) groups is 1. The number of aryl methyl sites for hydroxylation is 1. The Morgan fingerprint density at radius 2 is 1.81 bits per heavy atom. The molecule has 6 heteroatoms. The molecule has 0 aromatic heterocycles. The van der Waals surface area contributed by atoms with Gasteiger partial charge in [-0.05, 0) is 51.1 Å². The van der Waals surface area contributed by atoms with Crippen molar-refractivity contribution >= 4 is 21.6 Å². The fraction of sp³-hybridized carbons (Fsp3) is 0.250. The molecule has 0 aliphatic rings. The van der Waals surface area contributed by atoms with Gasteiger partial charge >= 0.3 is 0 Å². The molecule has 138 valence electrons. The van der Waals surface area contributed by atoms with Crippen LogP contribution in [0.5, 0.6) is 0 Å². The first-order chi connectivity index (χ1) is 12.2. The first-order valence-corrected chi connectivity index (χ1v) is 9.84. The molecule has 0 radical (unpaired) electrons. The van der Waals surface area contributed by atoms with Crippen molar-refractivity contribution < 1.29 is 13.2 Å². The molecule has 2 aromatic carbocycles. The fourth-order valence-corrected chi connectivity index (χ4v) is 3.57. The largest absolute Gasteiger partial charge is 0.335 e. The number of benzene rings is 2. The van der Waals surface area contributed by atoms with Crippen molar-refractivity contribution in [3.63, 3.8) is 0 Å². The third-order valence-corrected chi connectivity index (χ3v) is 5.20. The summed E-state index contributed by atoms with van der Waals surface area (Å²) in [6.45, 7) is 10.4. The van der Waals surface area contributed by atoms with Gasteiger partial charge in [0.15, 0.2) is 0 Å². The average molecular weight is 372 g/mol. The van der Waals surface area contributed by atoms with Crippen LogP contribution in [-0.4, -0.2) is 32.3 Å². The summed E-state index contributed by atoms with van der Waals surface area (Å²) >= 11 is 0. The number of likely N-dealkylation sites (N-methyl/N-ethyl adjacent to an activating group) is 1. The number of sulfonamides is 1. The molecular formula is C20H24N2O3S. The first-order valence-electron chi connectivity index (χ1n) is 8.36. The molecule has 0 heterocycles. The molecular weight excluding hydrogens is 348 g/mol. The lowest BCUT2D eigenvalue weighted by molar-refractivity contribution is 0.0778. The monoisotopic (exact) mass is 372 g/mol.